The average molecular weight is 367 g/mol. The van der Waals surface area contributed by atoms with Gasteiger partial charge in [0.25, 0.3) is 0 Å². The molecule has 1 aliphatic heterocycles. The van der Waals surface area contributed by atoms with E-state index in [4.69, 9.17) is 9.26 Å². The zero-order chi connectivity index (χ0) is 19.4. The third-order valence-electron chi connectivity index (χ3n) is 4.91. The van der Waals surface area contributed by atoms with Crippen LogP contribution in [-0.2, 0) is 9.26 Å². The third kappa shape index (κ3) is 5.06. The number of carbonyl (C=O) groups is 1. The van der Waals surface area contributed by atoms with Crippen LogP contribution in [0.1, 0.15) is 34.6 Å². The quantitative estimate of drug-likeness (QED) is 0.461. The van der Waals surface area contributed by atoms with Crippen LogP contribution in [0.2, 0.25) is 18.1 Å². The maximum absolute atomic E-state index is 12.9. The second-order valence-electron chi connectivity index (χ2n) is 7.92. The number of nitrogens with zero attached hydrogens (tertiary/aromatic N) is 2. The number of hydroxylamine groups is 2. The first-order valence-corrected chi connectivity index (χ1v) is 11.7. The minimum absolute atomic E-state index is 0.123. The molecule has 1 aliphatic rings. The van der Waals surface area contributed by atoms with E-state index in [1.54, 1.807) is 11.0 Å². The monoisotopic (exact) mass is 366 g/mol. The number of rotatable bonds is 8. The second-order valence-corrected chi connectivity index (χ2v) is 12.7. The molecule has 142 valence electrons. The van der Waals surface area contributed by atoms with Crippen LogP contribution in [0.3, 0.4) is 0 Å². The maximum atomic E-state index is 12.9. The highest BCUT2D eigenvalue weighted by Crippen LogP contribution is 2.37. The molecule has 0 aromatic carbocycles. The fourth-order valence-electron chi connectivity index (χ4n) is 2.29. The third-order valence-corrected chi connectivity index (χ3v) is 9.41. The summed E-state index contributed by atoms with van der Waals surface area (Å²) in [4.78, 5) is 20.2. The van der Waals surface area contributed by atoms with E-state index in [0.29, 0.717) is 18.8 Å². The molecule has 0 spiro atoms. The molecular formula is C19H34N2O3Si. The number of hydrogen-bond donors (Lipinski definition) is 0. The topological polar surface area (TPSA) is 42.0 Å². The SMILES string of the molecule is C=CCON1C(=O)N(CC)[C@H](CO[Si](C)(C)C(C)(C)C)C=C1C(=C)C. The van der Waals surface area contributed by atoms with Gasteiger partial charge in [0.15, 0.2) is 8.32 Å². The van der Waals surface area contributed by atoms with Crippen molar-refractivity contribution in [2.45, 2.75) is 58.8 Å². The predicted molar refractivity (Wildman–Crippen MR) is 106 cm³/mol. The Kier molecular flexibility index (Phi) is 7.23. The van der Waals surface area contributed by atoms with Gasteiger partial charge in [-0.15, -0.1) is 6.58 Å². The Labute approximate surface area is 154 Å². The number of urea groups is 1. The van der Waals surface area contributed by atoms with Gasteiger partial charge in [-0.25, -0.2) is 4.79 Å². The number of allylic oxidation sites excluding steroid dienone is 1. The largest absolute Gasteiger partial charge is 0.414 e. The van der Waals surface area contributed by atoms with Crippen LogP contribution in [0.4, 0.5) is 4.79 Å². The molecular weight excluding hydrogens is 332 g/mol. The lowest BCUT2D eigenvalue weighted by Crippen LogP contribution is -2.54. The molecule has 0 saturated carbocycles. The average Bonchev–Trinajstić information content (AvgIpc) is 2.50. The first kappa shape index (κ1) is 21.7. The smallest absolute Gasteiger partial charge is 0.349 e. The Morgan fingerprint density at radius 2 is 2.00 bits per heavy atom. The molecule has 0 bridgehead atoms. The zero-order valence-corrected chi connectivity index (χ0v) is 17.9. The van der Waals surface area contributed by atoms with Crippen molar-refractivity contribution in [2.24, 2.45) is 0 Å². The van der Waals surface area contributed by atoms with Crippen LogP contribution in [0.15, 0.2) is 36.6 Å². The molecule has 1 atom stereocenters. The highest BCUT2D eigenvalue weighted by Gasteiger charge is 2.40. The van der Waals surface area contributed by atoms with E-state index in [1.807, 2.05) is 19.9 Å². The Hall–Kier alpha value is -1.37. The molecule has 1 rings (SSSR count). The molecule has 25 heavy (non-hydrogen) atoms. The Morgan fingerprint density at radius 3 is 2.44 bits per heavy atom. The van der Waals surface area contributed by atoms with Gasteiger partial charge in [0, 0.05) is 6.54 Å². The summed E-state index contributed by atoms with van der Waals surface area (Å²) < 4.78 is 6.35. The Bertz CT molecular complexity index is 549. The zero-order valence-electron chi connectivity index (χ0n) is 16.9. The van der Waals surface area contributed by atoms with Gasteiger partial charge < -0.3 is 9.33 Å². The molecule has 0 radical (unpaired) electrons. The summed E-state index contributed by atoms with van der Waals surface area (Å²) in [6.45, 7) is 23.9. The van der Waals surface area contributed by atoms with Gasteiger partial charge in [-0.1, -0.05) is 33.4 Å². The fraction of sp³-hybridized carbons (Fsp3) is 0.632. The number of likely N-dealkylation sites (N-methyl/N-ethyl adjacent to an activating group) is 1. The van der Waals surface area contributed by atoms with Gasteiger partial charge in [-0.05, 0) is 43.6 Å². The number of amides is 2. The summed E-state index contributed by atoms with van der Waals surface area (Å²) in [5, 5.41) is 1.44. The van der Waals surface area contributed by atoms with E-state index in [9.17, 15) is 4.79 Å². The van der Waals surface area contributed by atoms with Crippen molar-refractivity contribution in [3.8, 4) is 0 Å². The van der Waals surface area contributed by atoms with Gasteiger partial charge in [0.1, 0.15) is 0 Å². The van der Waals surface area contributed by atoms with Crippen molar-refractivity contribution in [3.05, 3.63) is 36.6 Å². The van der Waals surface area contributed by atoms with Gasteiger partial charge in [-0.3, -0.25) is 4.84 Å². The van der Waals surface area contributed by atoms with Gasteiger partial charge in [0.2, 0.25) is 0 Å². The van der Waals surface area contributed by atoms with Crippen LogP contribution in [-0.4, -0.2) is 50.1 Å². The lowest BCUT2D eigenvalue weighted by atomic mass is 10.1. The Balaban J connectivity index is 3.08. The van der Waals surface area contributed by atoms with Crippen molar-refractivity contribution in [2.75, 3.05) is 19.8 Å². The lowest BCUT2D eigenvalue weighted by molar-refractivity contribution is -0.0935. The summed E-state index contributed by atoms with van der Waals surface area (Å²) >= 11 is 0. The summed E-state index contributed by atoms with van der Waals surface area (Å²) in [6.07, 6.45) is 3.63. The molecule has 0 N–H and O–H groups in total. The standard InChI is InChI=1S/C19H34N2O3Si/c1-10-12-23-21-17(15(3)4)13-16(20(11-2)18(21)22)14-24-25(8,9)19(5,6)7/h10,13,16H,1,3,11-12,14H2,2,4-9H3/t16-/m0/s1. The van der Waals surface area contributed by atoms with Crippen molar-refractivity contribution in [1.29, 1.82) is 0 Å². The van der Waals surface area contributed by atoms with Crippen molar-refractivity contribution in [3.63, 3.8) is 0 Å². The number of hydrogen-bond acceptors (Lipinski definition) is 3. The van der Waals surface area contributed by atoms with Gasteiger partial charge in [0.05, 0.1) is 25.0 Å². The van der Waals surface area contributed by atoms with Crippen LogP contribution in [0.5, 0.6) is 0 Å². The molecule has 0 fully saturated rings. The van der Waals surface area contributed by atoms with Crippen molar-refractivity contribution in [1.82, 2.24) is 9.96 Å². The summed E-state index contributed by atoms with van der Waals surface area (Å²) in [6, 6.07) is -0.310. The molecule has 0 aromatic rings. The molecule has 0 unspecified atom stereocenters. The highest BCUT2D eigenvalue weighted by molar-refractivity contribution is 6.74. The van der Waals surface area contributed by atoms with Crippen LogP contribution in [0, 0.1) is 0 Å². The summed E-state index contributed by atoms with van der Waals surface area (Å²) in [5.74, 6) is 0. The molecule has 0 aromatic heterocycles. The minimum Gasteiger partial charge on any atom is -0.414 e. The Morgan fingerprint density at radius 1 is 1.40 bits per heavy atom. The number of carbonyl (C=O) groups excluding carboxylic acids is 1. The normalized spacial score (nSPS) is 19.1. The van der Waals surface area contributed by atoms with E-state index in [0.717, 1.165) is 5.57 Å². The molecule has 0 aliphatic carbocycles. The highest BCUT2D eigenvalue weighted by atomic mass is 28.4. The van der Waals surface area contributed by atoms with Gasteiger partial charge >= 0.3 is 6.03 Å². The van der Waals surface area contributed by atoms with Crippen LogP contribution in [0.25, 0.3) is 0 Å². The fourth-order valence-corrected chi connectivity index (χ4v) is 3.31. The first-order valence-electron chi connectivity index (χ1n) is 8.82. The van der Waals surface area contributed by atoms with E-state index in [-0.39, 0.29) is 23.7 Å². The van der Waals surface area contributed by atoms with Gasteiger partial charge in [-0.2, -0.15) is 5.06 Å². The van der Waals surface area contributed by atoms with E-state index >= 15 is 0 Å². The molecule has 5 nitrogen and oxygen atoms in total. The maximum Gasteiger partial charge on any atom is 0.349 e. The van der Waals surface area contributed by atoms with Crippen LogP contribution >= 0.6 is 0 Å². The van der Waals surface area contributed by atoms with E-state index in [2.05, 4.69) is 47.0 Å². The first-order chi connectivity index (χ1) is 11.5. The van der Waals surface area contributed by atoms with Crippen LogP contribution < -0.4 is 0 Å². The van der Waals surface area contributed by atoms with Crippen molar-refractivity contribution < 1.29 is 14.1 Å². The van der Waals surface area contributed by atoms with E-state index < -0.39 is 8.32 Å². The second kappa shape index (κ2) is 8.34. The van der Waals surface area contributed by atoms with E-state index in [1.165, 1.54) is 5.06 Å². The molecule has 0 saturated heterocycles. The molecule has 1 heterocycles. The molecule has 2 amide bonds. The lowest BCUT2D eigenvalue weighted by Gasteiger charge is -2.42. The van der Waals surface area contributed by atoms with Crippen molar-refractivity contribution >= 4 is 14.3 Å². The molecule has 6 heteroatoms. The summed E-state index contributed by atoms with van der Waals surface area (Å²) in [7, 11) is -1.89. The predicted octanol–water partition coefficient (Wildman–Crippen LogP) is 4.71. The summed E-state index contributed by atoms with van der Waals surface area (Å²) in [5.41, 5.74) is 1.48. The minimum atomic E-state index is -1.89.